The van der Waals surface area contributed by atoms with Crippen LogP contribution in [0.2, 0.25) is 12.1 Å². The number of allylic oxidation sites excluding steroid dienone is 2. The molecule has 0 fully saturated rings. The summed E-state index contributed by atoms with van der Waals surface area (Å²) in [5, 5.41) is 3.24. The maximum Gasteiger partial charge on any atom is 0.131 e. The Morgan fingerprint density at radius 2 is 1.45 bits per heavy atom. The number of benzene rings is 2. The number of hydrogen-bond acceptors (Lipinski definition) is 1. The first-order valence-electron chi connectivity index (χ1n) is 7.31. The van der Waals surface area contributed by atoms with Gasteiger partial charge in [0, 0.05) is 18.4 Å². The molecule has 2 aliphatic rings. The number of rotatable bonds is 0. The molecule has 0 N–H and O–H groups in total. The zero-order valence-corrected chi connectivity index (χ0v) is 13.1. The van der Waals surface area contributed by atoms with Crippen molar-refractivity contribution in [3.05, 3.63) is 60.2 Å². The SMILES string of the molecule is CC1=CC[Si]2(C1)c1ccccc1N(C)c1ccccc12. The molecule has 1 nitrogen and oxygen atoms in total. The topological polar surface area (TPSA) is 3.24 Å². The van der Waals surface area contributed by atoms with Crippen LogP contribution in [0, 0.1) is 0 Å². The molecule has 2 aliphatic heterocycles. The molecule has 2 heteroatoms. The number of anilines is 2. The molecule has 100 valence electrons. The van der Waals surface area contributed by atoms with E-state index in [9.17, 15) is 0 Å². The summed E-state index contributed by atoms with van der Waals surface area (Å²) in [5.41, 5.74) is 4.41. The lowest BCUT2D eigenvalue weighted by atomic mass is 10.2. The number of fused-ring (bicyclic) bond motifs is 4. The highest BCUT2D eigenvalue weighted by Gasteiger charge is 2.45. The Morgan fingerprint density at radius 1 is 0.900 bits per heavy atom. The molecule has 0 saturated heterocycles. The van der Waals surface area contributed by atoms with Gasteiger partial charge in [-0.15, -0.1) is 0 Å². The molecular formula is C18H19NSi. The molecule has 0 aromatic heterocycles. The molecule has 1 spiro atoms. The number of hydrogen-bond donors (Lipinski definition) is 0. The highest BCUT2D eigenvalue weighted by molar-refractivity contribution is 7.05. The van der Waals surface area contributed by atoms with Crippen molar-refractivity contribution in [3.63, 3.8) is 0 Å². The van der Waals surface area contributed by atoms with Crippen molar-refractivity contribution < 1.29 is 0 Å². The molecule has 0 unspecified atom stereocenters. The fourth-order valence-electron chi connectivity index (χ4n) is 4.00. The summed E-state index contributed by atoms with van der Waals surface area (Å²) in [5.74, 6) is 0. The van der Waals surface area contributed by atoms with Crippen molar-refractivity contribution in [2.45, 2.75) is 19.0 Å². The zero-order valence-electron chi connectivity index (χ0n) is 12.1. The van der Waals surface area contributed by atoms with Gasteiger partial charge in [0.2, 0.25) is 0 Å². The fraction of sp³-hybridized carbons (Fsp3) is 0.222. The Balaban J connectivity index is 2.03. The summed E-state index contributed by atoms with van der Waals surface area (Å²) in [6.45, 7) is 2.30. The minimum Gasteiger partial charge on any atom is -0.345 e. The minimum absolute atomic E-state index is 1.26. The average molecular weight is 277 g/mol. The van der Waals surface area contributed by atoms with Gasteiger partial charge in [-0.2, -0.15) is 0 Å². The van der Waals surface area contributed by atoms with Gasteiger partial charge in [0.15, 0.2) is 0 Å². The molecule has 0 atom stereocenters. The second kappa shape index (κ2) is 4.09. The third kappa shape index (κ3) is 1.43. The van der Waals surface area contributed by atoms with Crippen LogP contribution in [0.4, 0.5) is 11.4 Å². The Labute approximate surface area is 121 Å². The zero-order chi connectivity index (χ0) is 13.7. The maximum absolute atomic E-state index is 2.48. The predicted molar refractivity (Wildman–Crippen MR) is 89.3 cm³/mol. The first-order chi connectivity index (χ1) is 9.72. The van der Waals surface area contributed by atoms with E-state index in [4.69, 9.17) is 0 Å². The maximum atomic E-state index is 2.48. The van der Waals surface area contributed by atoms with Crippen molar-refractivity contribution in [2.75, 3.05) is 11.9 Å². The highest BCUT2D eigenvalue weighted by Crippen LogP contribution is 2.38. The molecule has 0 radical (unpaired) electrons. The van der Waals surface area contributed by atoms with Crippen molar-refractivity contribution in [1.82, 2.24) is 0 Å². The van der Waals surface area contributed by atoms with Crippen molar-refractivity contribution in [3.8, 4) is 0 Å². The largest absolute Gasteiger partial charge is 0.345 e. The first-order valence-corrected chi connectivity index (χ1v) is 9.72. The average Bonchev–Trinajstić information content (AvgIpc) is 2.88. The third-order valence-electron chi connectivity index (χ3n) is 4.94. The van der Waals surface area contributed by atoms with Gasteiger partial charge in [-0.05, 0) is 41.5 Å². The van der Waals surface area contributed by atoms with Gasteiger partial charge in [0.1, 0.15) is 8.07 Å². The molecule has 0 bridgehead atoms. The van der Waals surface area contributed by atoms with E-state index in [1.54, 1.807) is 15.9 Å². The van der Waals surface area contributed by atoms with Gasteiger partial charge in [-0.1, -0.05) is 48.0 Å². The van der Waals surface area contributed by atoms with E-state index >= 15 is 0 Å². The van der Waals surface area contributed by atoms with Gasteiger partial charge in [-0.25, -0.2) is 0 Å². The number of para-hydroxylation sites is 2. The Bertz CT molecular complexity index is 669. The molecule has 0 amide bonds. The van der Waals surface area contributed by atoms with E-state index in [0.717, 1.165) is 0 Å². The Hall–Kier alpha value is -1.80. The molecule has 0 saturated carbocycles. The summed E-state index contributed by atoms with van der Waals surface area (Å²) < 4.78 is 0. The Morgan fingerprint density at radius 3 is 1.95 bits per heavy atom. The second-order valence-electron chi connectivity index (χ2n) is 6.11. The van der Waals surface area contributed by atoms with Crippen LogP contribution in [0.5, 0.6) is 0 Å². The lowest BCUT2D eigenvalue weighted by Gasteiger charge is -2.41. The van der Waals surface area contributed by atoms with Gasteiger partial charge in [-0.3, -0.25) is 0 Å². The summed E-state index contributed by atoms with van der Waals surface area (Å²) >= 11 is 0. The predicted octanol–water partition coefficient (Wildman–Crippen LogP) is 3.29. The van der Waals surface area contributed by atoms with E-state index < -0.39 is 8.07 Å². The summed E-state index contributed by atoms with van der Waals surface area (Å²) in [6, 6.07) is 20.6. The first kappa shape index (κ1) is 12.0. The van der Waals surface area contributed by atoms with Crippen LogP contribution >= 0.6 is 0 Å². The third-order valence-corrected chi connectivity index (χ3v) is 9.91. The van der Waals surface area contributed by atoms with E-state index in [1.807, 2.05) is 0 Å². The van der Waals surface area contributed by atoms with Crippen LogP contribution < -0.4 is 15.3 Å². The minimum atomic E-state index is -1.60. The van der Waals surface area contributed by atoms with Crippen LogP contribution in [0.25, 0.3) is 0 Å². The van der Waals surface area contributed by atoms with Crippen LogP contribution in [0.15, 0.2) is 60.2 Å². The van der Waals surface area contributed by atoms with E-state index in [0.29, 0.717) is 0 Å². The van der Waals surface area contributed by atoms with Gasteiger partial charge in [0.25, 0.3) is 0 Å². The van der Waals surface area contributed by atoms with Crippen LogP contribution in [-0.2, 0) is 0 Å². The van der Waals surface area contributed by atoms with Gasteiger partial charge >= 0.3 is 0 Å². The monoisotopic (exact) mass is 277 g/mol. The standard InChI is InChI=1S/C18H19NSi/c1-14-11-12-20(13-14)17-9-5-3-7-15(17)19(2)16-8-4-6-10-18(16)20/h3-11H,12-13H2,1-2H3. The lowest BCUT2D eigenvalue weighted by molar-refractivity contribution is 1.21. The molecule has 0 aliphatic carbocycles. The van der Waals surface area contributed by atoms with Gasteiger partial charge in [0.05, 0.1) is 0 Å². The summed E-state index contributed by atoms with van der Waals surface area (Å²) in [6.07, 6.45) is 2.48. The van der Waals surface area contributed by atoms with E-state index in [-0.39, 0.29) is 0 Å². The lowest BCUT2D eigenvalue weighted by Crippen LogP contribution is -2.61. The molecule has 2 aromatic carbocycles. The molecule has 20 heavy (non-hydrogen) atoms. The quantitative estimate of drug-likeness (QED) is 0.527. The fourth-order valence-corrected chi connectivity index (χ4v) is 9.36. The Kier molecular flexibility index (Phi) is 2.45. The van der Waals surface area contributed by atoms with E-state index in [1.165, 1.54) is 23.5 Å². The normalized spacial score (nSPS) is 18.7. The van der Waals surface area contributed by atoms with Crippen LogP contribution in [0.3, 0.4) is 0 Å². The van der Waals surface area contributed by atoms with E-state index in [2.05, 4.69) is 73.5 Å². The smallest absolute Gasteiger partial charge is 0.131 e. The number of nitrogens with zero attached hydrogens (tertiary/aromatic N) is 1. The summed E-state index contributed by atoms with van der Waals surface area (Å²) in [7, 11) is 0.603. The molecular weight excluding hydrogens is 258 g/mol. The molecule has 2 aromatic rings. The van der Waals surface area contributed by atoms with Crippen LogP contribution in [0.1, 0.15) is 6.92 Å². The van der Waals surface area contributed by atoms with Crippen LogP contribution in [-0.4, -0.2) is 15.1 Å². The van der Waals surface area contributed by atoms with Crippen molar-refractivity contribution >= 4 is 29.8 Å². The highest BCUT2D eigenvalue weighted by atomic mass is 28.3. The molecule has 2 heterocycles. The van der Waals surface area contributed by atoms with Crippen molar-refractivity contribution in [1.29, 1.82) is 0 Å². The van der Waals surface area contributed by atoms with Crippen molar-refractivity contribution in [2.24, 2.45) is 0 Å². The van der Waals surface area contributed by atoms with Gasteiger partial charge < -0.3 is 4.90 Å². The molecule has 4 rings (SSSR count). The second-order valence-corrected chi connectivity index (χ2v) is 10.1. The summed E-state index contributed by atoms with van der Waals surface area (Å²) in [4.78, 5) is 2.37.